The van der Waals surface area contributed by atoms with Gasteiger partial charge in [-0.05, 0) is 85.8 Å². The lowest BCUT2D eigenvalue weighted by atomic mass is 10.0. The number of aromatic carboxylic acids is 1. The van der Waals surface area contributed by atoms with Crippen molar-refractivity contribution in [3.05, 3.63) is 99.9 Å². The molecular formula is C34H35Cl2N3O5. The fourth-order valence-corrected chi connectivity index (χ4v) is 5.75. The van der Waals surface area contributed by atoms with E-state index in [9.17, 15) is 9.59 Å². The number of ether oxygens (including phenoxy) is 2. The van der Waals surface area contributed by atoms with Crippen LogP contribution in [0.25, 0.3) is 11.3 Å². The second-order valence-electron chi connectivity index (χ2n) is 10.9. The second-order valence-corrected chi connectivity index (χ2v) is 11.7. The van der Waals surface area contributed by atoms with Gasteiger partial charge in [-0.25, -0.2) is 9.78 Å². The first-order valence-electron chi connectivity index (χ1n) is 14.8. The number of aromatic nitrogens is 2. The average molecular weight is 637 g/mol. The number of aryl methyl sites for hydroxylation is 1. The Morgan fingerprint density at radius 3 is 2.45 bits per heavy atom. The SMILES string of the molecule is CCCCn1cc(-c2ccc(Cl)cc2Cl)nc1[C@H](Cc1ccc(Oc2ccc(C(=O)O)cc2)cc1)NC(=O)CC1CCCO1. The summed E-state index contributed by atoms with van der Waals surface area (Å²) in [5, 5.41) is 13.4. The molecule has 2 atom stereocenters. The number of carboxylic acid groups (broad SMARTS) is 1. The Hall–Kier alpha value is -3.85. The van der Waals surface area contributed by atoms with Crippen molar-refractivity contribution in [2.45, 2.75) is 64.1 Å². The number of carbonyl (C=O) groups excluding carboxylic acids is 1. The quantitative estimate of drug-likeness (QED) is 0.154. The van der Waals surface area contributed by atoms with Crippen LogP contribution in [0, 0.1) is 0 Å². The lowest BCUT2D eigenvalue weighted by molar-refractivity contribution is -0.124. The normalized spacial score (nSPS) is 15.2. The van der Waals surface area contributed by atoms with E-state index in [0.717, 1.165) is 49.2 Å². The van der Waals surface area contributed by atoms with E-state index in [4.69, 9.17) is 42.8 Å². The molecule has 0 radical (unpaired) electrons. The Morgan fingerprint density at radius 2 is 1.82 bits per heavy atom. The van der Waals surface area contributed by atoms with Crippen LogP contribution in [0.4, 0.5) is 0 Å². The molecule has 1 amide bonds. The molecule has 3 aromatic carbocycles. The van der Waals surface area contributed by atoms with Crippen LogP contribution in [-0.2, 0) is 22.5 Å². The molecule has 44 heavy (non-hydrogen) atoms. The van der Waals surface area contributed by atoms with Gasteiger partial charge in [0.1, 0.15) is 17.3 Å². The van der Waals surface area contributed by atoms with Gasteiger partial charge in [0.25, 0.3) is 0 Å². The van der Waals surface area contributed by atoms with Crippen molar-refractivity contribution >= 4 is 35.1 Å². The summed E-state index contributed by atoms with van der Waals surface area (Å²) < 4.78 is 13.7. The van der Waals surface area contributed by atoms with Crippen molar-refractivity contribution in [1.29, 1.82) is 0 Å². The highest BCUT2D eigenvalue weighted by molar-refractivity contribution is 6.36. The van der Waals surface area contributed by atoms with Crippen molar-refractivity contribution < 1.29 is 24.2 Å². The number of carboxylic acids is 1. The van der Waals surface area contributed by atoms with Gasteiger partial charge in [-0.3, -0.25) is 4.79 Å². The number of imidazole rings is 1. The topological polar surface area (TPSA) is 103 Å². The molecule has 0 saturated carbocycles. The zero-order chi connectivity index (χ0) is 31.1. The van der Waals surface area contributed by atoms with Gasteiger partial charge in [-0.15, -0.1) is 0 Å². The fraction of sp³-hybridized carbons (Fsp3) is 0.324. The maximum atomic E-state index is 13.3. The van der Waals surface area contributed by atoms with Gasteiger partial charge in [0.15, 0.2) is 0 Å². The summed E-state index contributed by atoms with van der Waals surface area (Å²) in [6.45, 7) is 3.57. The molecule has 2 heterocycles. The Morgan fingerprint density at radius 1 is 1.09 bits per heavy atom. The third-order valence-corrected chi connectivity index (χ3v) is 8.10. The lowest BCUT2D eigenvalue weighted by Gasteiger charge is -2.21. The van der Waals surface area contributed by atoms with Gasteiger partial charge >= 0.3 is 5.97 Å². The van der Waals surface area contributed by atoms with Gasteiger partial charge in [0.2, 0.25) is 5.91 Å². The first-order valence-corrected chi connectivity index (χ1v) is 15.6. The fourth-order valence-electron chi connectivity index (χ4n) is 5.25. The van der Waals surface area contributed by atoms with Crippen LogP contribution in [0.1, 0.15) is 66.8 Å². The Balaban J connectivity index is 1.41. The Kier molecular flexibility index (Phi) is 10.6. The number of unbranched alkanes of at least 4 members (excludes halogenated alkanes) is 1. The van der Waals surface area contributed by atoms with E-state index in [-0.39, 0.29) is 17.6 Å². The van der Waals surface area contributed by atoms with E-state index in [1.807, 2.05) is 36.5 Å². The molecule has 8 nitrogen and oxygen atoms in total. The number of nitrogens with one attached hydrogen (secondary N) is 1. The van der Waals surface area contributed by atoms with E-state index < -0.39 is 12.0 Å². The standard InChI is InChI=1S/C34H35Cl2N3O5/c1-2-3-16-39-21-31(28-15-10-24(35)19-29(28)36)38-33(39)30(37-32(40)20-27-5-4-17-43-27)18-22-6-11-25(12-7-22)44-26-13-8-23(9-14-26)34(41)42/h6-15,19,21,27,30H,2-5,16-18,20H2,1H3,(H,37,40)(H,41,42)/t27?,30-/m0/s1. The molecular weight excluding hydrogens is 601 g/mol. The van der Waals surface area contributed by atoms with Crippen molar-refractivity contribution in [3.63, 3.8) is 0 Å². The highest BCUT2D eigenvalue weighted by Crippen LogP contribution is 2.32. The number of nitrogens with zero attached hydrogens (tertiary/aromatic N) is 2. The van der Waals surface area contributed by atoms with Crippen LogP contribution < -0.4 is 10.1 Å². The molecule has 1 fully saturated rings. The molecule has 2 N–H and O–H groups in total. The minimum absolute atomic E-state index is 0.0695. The Labute approximate surface area is 266 Å². The summed E-state index contributed by atoms with van der Waals surface area (Å²) >= 11 is 12.7. The molecule has 10 heteroatoms. The van der Waals surface area contributed by atoms with E-state index >= 15 is 0 Å². The molecule has 0 bridgehead atoms. The van der Waals surface area contributed by atoms with Crippen molar-refractivity contribution in [3.8, 4) is 22.8 Å². The highest BCUT2D eigenvalue weighted by atomic mass is 35.5. The number of halogens is 2. The molecule has 5 rings (SSSR count). The largest absolute Gasteiger partial charge is 0.478 e. The predicted molar refractivity (Wildman–Crippen MR) is 171 cm³/mol. The van der Waals surface area contributed by atoms with Crippen LogP contribution in [0.15, 0.2) is 72.9 Å². The van der Waals surface area contributed by atoms with E-state index in [1.54, 1.807) is 24.3 Å². The Bertz CT molecular complexity index is 1580. The van der Waals surface area contributed by atoms with Crippen LogP contribution >= 0.6 is 23.2 Å². The van der Waals surface area contributed by atoms with Crippen molar-refractivity contribution in [2.75, 3.05) is 6.61 Å². The number of benzene rings is 3. The van der Waals surface area contributed by atoms with Crippen LogP contribution in [0.3, 0.4) is 0 Å². The number of carbonyl (C=O) groups is 2. The van der Waals surface area contributed by atoms with Crippen molar-refractivity contribution in [1.82, 2.24) is 14.9 Å². The van der Waals surface area contributed by atoms with Gasteiger partial charge in [0, 0.05) is 29.9 Å². The number of amides is 1. The summed E-state index contributed by atoms with van der Waals surface area (Å²) in [5.74, 6) is 0.826. The van der Waals surface area contributed by atoms with E-state index in [1.165, 1.54) is 12.1 Å². The monoisotopic (exact) mass is 635 g/mol. The molecule has 230 valence electrons. The number of rotatable bonds is 13. The average Bonchev–Trinajstić information content (AvgIpc) is 3.67. The second kappa shape index (κ2) is 14.8. The predicted octanol–water partition coefficient (Wildman–Crippen LogP) is 8.12. The molecule has 1 aromatic heterocycles. The lowest BCUT2D eigenvalue weighted by Crippen LogP contribution is -2.34. The smallest absolute Gasteiger partial charge is 0.335 e. The first-order chi connectivity index (χ1) is 21.3. The number of hydrogen-bond acceptors (Lipinski definition) is 5. The number of hydrogen-bond donors (Lipinski definition) is 2. The molecule has 4 aromatic rings. The van der Waals surface area contributed by atoms with Gasteiger partial charge < -0.3 is 24.5 Å². The third-order valence-electron chi connectivity index (χ3n) is 7.55. The summed E-state index contributed by atoms with van der Waals surface area (Å²) in [6, 6.07) is 18.8. The van der Waals surface area contributed by atoms with Gasteiger partial charge in [-0.1, -0.05) is 48.7 Å². The highest BCUT2D eigenvalue weighted by Gasteiger charge is 2.26. The van der Waals surface area contributed by atoms with Gasteiger partial charge in [0.05, 0.1) is 34.8 Å². The maximum Gasteiger partial charge on any atom is 0.335 e. The van der Waals surface area contributed by atoms with Crippen LogP contribution in [0.5, 0.6) is 11.5 Å². The third kappa shape index (κ3) is 8.20. The molecule has 0 aliphatic carbocycles. The summed E-state index contributed by atoms with van der Waals surface area (Å²) in [6.07, 6.45) is 6.52. The minimum Gasteiger partial charge on any atom is -0.478 e. The first kappa shape index (κ1) is 31.6. The molecule has 1 saturated heterocycles. The van der Waals surface area contributed by atoms with Crippen LogP contribution in [0.2, 0.25) is 10.0 Å². The van der Waals surface area contributed by atoms with Gasteiger partial charge in [-0.2, -0.15) is 0 Å². The van der Waals surface area contributed by atoms with E-state index in [0.29, 0.717) is 46.7 Å². The molecule has 1 aliphatic rings. The summed E-state index contributed by atoms with van der Waals surface area (Å²) in [4.78, 5) is 29.4. The minimum atomic E-state index is -0.989. The van der Waals surface area contributed by atoms with Crippen LogP contribution in [-0.4, -0.2) is 39.2 Å². The summed E-state index contributed by atoms with van der Waals surface area (Å²) in [5.41, 5.74) is 2.67. The van der Waals surface area contributed by atoms with E-state index in [2.05, 4.69) is 16.8 Å². The molecule has 1 unspecified atom stereocenters. The summed E-state index contributed by atoms with van der Waals surface area (Å²) in [7, 11) is 0. The van der Waals surface area contributed by atoms with Crippen molar-refractivity contribution in [2.24, 2.45) is 0 Å². The molecule has 1 aliphatic heterocycles. The zero-order valence-corrected chi connectivity index (χ0v) is 26.0. The maximum absolute atomic E-state index is 13.3. The molecule has 0 spiro atoms. The zero-order valence-electron chi connectivity index (χ0n) is 24.5.